The number of amides is 2. The van der Waals surface area contributed by atoms with Crippen LogP contribution in [-0.4, -0.2) is 53.8 Å². The fourth-order valence-electron chi connectivity index (χ4n) is 2.98. The first kappa shape index (κ1) is 15.1. The molecule has 2 N–H and O–H groups in total. The zero-order chi connectivity index (χ0) is 14.5. The largest absolute Gasteiger partial charge is 0.481 e. The molecule has 0 aromatic rings. The monoisotopic (exact) mass is 284 g/mol. The van der Waals surface area contributed by atoms with Crippen molar-refractivity contribution in [2.75, 3.05) is 19.7 Å². The maximum Gasteiger partial charge on any atom is 0.317 e. The first-order chi connectivity index (χ1) is 9.56. The van der Waals surface area contributed by atoms with Crippen molar-refractivity contribution in [2.45, 2.75) is 51.2 Å². The van der Waals surface area contributed by atoms with Crippen LogP contribution in [0.15, 0.2) is 0 Å². The van der Waals surface area contributed by atoms with Crippen LogP contribution in [0.2, 0.25) is 0 Å². The van der Waals surface area contributed by atoms with Gasteiger partial charge < -0.3 is 20.1 Å². The number of urea groups is 1. The molecule has 6 nitrogen and oxygen atoms in total. The predicted molar refractivity (Wildman–Crippen MR) is 73.5 cm³/mol. The standard InChI is InChI=1S/C14H24N2O4/c1-10-12(6-8-20-10)15-14(19)16-7-2-3-11(9-16)4-5-13(17)18/h10-12H,2-9H2,1H3,(H,15,19)(H,17,18). The predicted octanol–water partition coefficient (Wildman–Crippen LogP) is 1.45. The van der Waals surface area contributed by atoms with Crippen molar-refractivity contribution in [3.05, 3.63) is 0 Å². The molecule has 0 bridgehead atoms. The van der Waals surface area contributed by atoms with Crippen LogP contribution in [0.4, 0.5) is 4.79 Å². The van der Waals surface area contributed by atoms with Gasteiger partial charge in [0.2, 0.25) is 0 Å². The topological polar surface area (TPSA) is 78.9 Å². The molecule has 0 aliphatic carbocycles. The first-order valence-electron chi connectivity index (χ1n) is 7.45. The van der Waals surface area contributed by atoms with Crippen LogP contribution in [0.5, 0.6) is 0 Å². The van der Waals surface area contributed by atoms with Crippen LogP contribution in [0.3, 0.4) is 0 Å². The summed E-state index contributed by atoms with van der Waals surface area (Å²) in [6, 6.07) is 0.0641. The molecule has 2 amide bonds. The Morgan fingerprint density at radius 2 is 2.20 bits per heavy atom. The van der Waals surface area contributed by atoms with Gasteiger partial charge >= 0.3 is 12.0 Å². The molecule has 2 aliphatic heterocycles. The Bertz CT molecular complexity index is 361. The van der Waals surface area contributed by atoms with Gasteiger partial charge in [0.15, 0.2) is 0 Å². The van der Waals surface area contributed by atoms with E-state index in [0.717, 1.165) is 25.8 Å². The van der Waals surface area contributed by atoms with Crippen LogP contribution in [0, 0.1) is 5.92 Å². The smallest absolute Gasteiger partial charge is 0.317 e. The average Bonchev–Trinajstić information content (AvgIpc) is 2.82. The lowest BCUT2D eigenvalue weighted by Gasteiger charge is -2.33. The number of likely N-dealkylation sites (tertiary alicyclic amines) is 1. The molecule has 114 valence electrons. The molecule has 20 heavy (non-hydrogen) atoms. The molecule has 0 aromatic carbocycles. The Hall–Kier alpha value is -1.30. The maximum atomic E-state index is 12.2. The lowest BCUT2D eigenvalue weighted by atomic mass is 9.93. The van der Waals surface area contributed by atoms with Gasteiger partial charge in [-0.05, 0) is 38.5 Å². The second-order valence-corrected chi connectivity index (χ2v) is 5.81. The summed E-state index contributed by atoms with van der Waals surface area (Å²) < 4.78 is 5.44. The number of aliphatic carboxylic acids is 1. The van der Waals surface area contributed by atoms with E-state index in [9.17, 15) is 9.59 Å². The van der Waals surface area contributed by atoms with Gasteiger partial charge in [0.25, 0.3) is 0 Å². The second-order valence-electron chi connectivity index (χ2n) is 5.81. The van der Waals surface area contributed by atoms with Gasteiger partial charge in [-0.2, -0.15) is 0 Å². The summed E-state index contributed by atoms with van der Waals surface area (Å²) in [7, 11) is 0. The number of carboxylic acid groups (broad SMARTS) is 1. The van der Waals surface area contributed by atoms with E-state index in [1.54, 1.807) is 0 Å². The van der Waals surface area contributed by atoms with Crippen molar-refractivity contribution < 1.29 is 19.4 Å². The third-order valence-corrected chi connectivity index (χ3v) is 4.26. The third kappa shape index (κ3) is 4.10. The van der Waals surface area contributed by atoms with E-state index in [2.05, 4.69) is 5.32 Å². The summed E-state index contributed by atoms with van der Waals surface area (Å²) in [6.45, 7) is 4.11. The molecule has 0 saturated carbocycles. The molecule has 6 heteroatoms. The van der Waals surface area contributed by atoms with Crippen molar-refractivity contribution in [1.82, 2.24) is 10.2 Å². The molecule has 2 heterocycles. The Morgan fingerprint density at radius 1 is 1.40 bits per heavy atom. The number of hydrogen-bond donors (Lipinski definition) is 2. The van der Waals surface area contributed by atoms with Crippen LogP contribution >= 0.6 is 0 Å². The Balaban J connectivity index is 1.78. The molecule has 2 saturated heterocycles. The summed E-state index contributed by atoms with van der Waals surface area (Å²) >= 11 is 0. The molecule has 2 rings (SSSR count). The first-order valence-corrected chi connectivity index (χ1v) is 7.45. The SMILES string of the molecule is CC1OCCC1NC(=O)N1CCCC(CCC(=O)O)C1. The summed E-state index contributed by atoms with van der Waals surface area (Å²) in [6.07, 6.45) is 3.75. The molecular formula is C14H24N2O4. The van der Waals surface area contributed by atoms with Gasteiger partial charge in [0.1, 0.15) is 0 Å². The molecule has 0 spiro atoms. The van der Waals surface area contributed by atoms with Crippen LogP contribution in [0.1, 0.15) is 39.0 Å². The number of nitrogens with zero attached hydrogens (tertiary/aromatic N) is 1. The zero-order valence-corrected chi connectivity index (χ0v) is 12.0. The van der Waals surface area contributed by atoms with E-state index in [-0.39, 0.29) is 24.6 Å². The third-order valence-electron chi connectivity index (χ3n) is 4.26. The summed E-state index contributed by atoms with van der Waals surface area (Å²) in [5.41, 5.74) is 0. The van der Waals surface area contributed by atoms with Gasteiger partial charge in [0.05, 0.1) is 12.1 Å². The summed E-state index contributed by atoms with van der Waals surface area (Å²) in [4.78, 5) is 24.7. The number of nitrogens with one attached hydrogen (secondary N) is 1. The number of carbonyl (C=O) groups is 2. The van der Waals surface area contributed by atoms with E-state index in [0.29, 0.717) is 25.5 Å². The van der Waals surface area contributed by atoms with Gasteiger partial charge in [-0.3, -0.25) is 4.79 Å². The Morgan fingerprint density at radius 3 is 2.85 bits per heavy atom. The van der Waals surface area contributed by atoms with E-state index >= 15 is 0 Å². The highest BCUT2D eigenvalue weighted by Gasteiger charge is 2.29. The van der Waals surface area contributed by atoms with Crippen LogP contribution in [-0.2, 0) is 9.53 Å². The lowest BCUT2D eigenvalue weighted by molar-refractivity contribution is -0.137. The highest BCUT2D eigenvalue weighted by molar-refractivity contribution is 5.74. The number of carboxylic acids is 1. The fraction of sp³-hybridized carbons (Fsp3) is 0.857. The molecular weight excluding hydrogens is 260 g/mol. The summed E-state index contributed by atoms with van der Waals surface area (Å²) in [5, 5.41) is 11.8. The van der Waals surface area contributed by atoms with Crippen molar-refractivity contribution in [3.8, 4) is 0 Å². The van der Waals surface area contributed by atoms with Gasteiger partial charge in [-0.1, -0.05) is 0 Å². The summed E-state index contributed by atoms with van der Waals surface area (Å²) in [5.74, 6) is -0.452. The molecule has 0 aromatic heterocycles. The van der Waals surface area contributed by atoms with E-state index in [1.807, 2.05) is 11.8 Å². The minimum Gasteiger partial charge on any atom is -0.481 e. The number of hydrogen-bond acceptors (Lipinski definition) is 3. The number of piperidine rings is 1. The van der Waals surface area contributed by atoms with E-state index in [1.165, 1.54) is 0 Å². The van der Waals surface area contributed by atoms with Gasteiger partial charge in [-0.15, -0.1) is 0 Å². The van der Waals surface area contributed by atoms with Gasteiger partial charge in [-0.25, -0.2) is 4.79 Å². The Labute approximate surface area is 119 Å². The number of carbonyl (C=O) groups excluding carboxylic acids is 1. The Kier molecular flexibility index (Phi) is 5.23. The van der Waals surface area contributed by atoms with E-state index in [4.69, 9.17) is 9.84 Å². The van der Waals surface area contributed by atoms with Crippen molar-refractivity contribution in [3.63, 3.8) is 0 Å². The molecule has 2 aliphatic rings. The van der Waals surface area contributed by atoms with Crippen molar-refractivity contribution in [1.29, 1.82) is 0 Å². The number of rotatable bonds is 4. The second kappa shape index (κ2) is 6.92. The molecule has 0 radical (unpaired) electrons. The van der Waals surface area contributed by atoms with Crippen molar-refractivity contribution >= 4 is 12.0 Å². The van der Waals surface area contributed by atoms with Crippen LogP contribution < -0.4 is 5.32 Å². The van der Waals surface area contributed by atoms with E-state index < -0.39 is 5.97 Å². The minimum absolute atomic E-state index is 0.0348. The zero-order valence-electron chi connectivity index (χ0n) is 12.0. The fourth-order valence-corrected chi connectivity index (χ4v) is 2.98. The number of ether oxygens (including phenoxy) is 1. The van der Waals surface area contributed by atoms with Crippen molar-refractivity contribution in [2.24, 2.45) is 5.92 Å². The minimum atomic E-state index is -0.761. The normalized spacial score (nSPS) is 30.2. The lowest BCUT2D eigenvalue weighted by Crippen LogP contribution is -2.50. The highest BCUT2D eigenvalue weighted by atomic mass is 16.5. The van der Waals surface area contributed by atoms with Gasteiger partial charge in [0, 0.05) is 26.1 Å². The quantitative estimate of drug-likeness (QED) is 0.819. The molecule has 2 fully saturated rings. The average molecular weight is 284 g/mol. The van der Waals surface area contributed by atoms with Crippen LogP contribution in [0.25, 0.3) is 0 Å². The molecule has 3 unspecified atom stereocenters. The maximum absolute atomic E-state index is 12.2. The highest BCUT2D eigenvalue weighted by Crippen LogP contribution is 2.21. The molecule has 3 atom stereocenters.